The topological polar surface area (TPSA) is 20.3 Å². The van der Waals surface area contributed by atoms with E-state index in [1.165, 1.54) is 0 Å². The standard InChI is InChI=1S/C19H19NO/c1-20(2)18-14-12-17(13-15-18)19(21)11-7-6-10-16-8-4-3-5-9-16/h3-15H,1-2H3. The minimum atomic E-state index is 0.0121. The van der Waals surface area contributed by atoms with E-state index in [1.807, 2.05) is 85.7 Å². The van der Waals surface area contributed by atoms with Crippen molar-refractivity contribution in [1.82, 2.24) is 0 Å². The lowest BCUT2D eigenvalue weighted by atomic mass is 10.1. The summed E-state index contributed by atoms with van der Waals surface area (Å²) in [5.41, 5.74) is 2.90. The van der Waals surface area contributed by atoms with Gasteiger partial charge in [0.15, 0.2) is 5.78 Å². The fourth-order valence-corrected chi connectivity index (χ4v) is 1.89. The zero-order valence-corrected chi connectivity index (χ0v) is 12.4. The Kier molecular flexibility index (Phi) is 5.10. The lowest BCUT2D eigenvalue weighted by molar-refractivity contribution is 0.104. The predicted octanol–water partition coefficient (Wildman–Crippen LogP) is 4.20. The average Bonchev–Trinajstić information content (AvgIpc) is 2.52. The molecule has 0 heterocycles. The SMILES string of the molecule is CN(C)c1ccc(C(=O)C=CC=Cc2ccccc2)cc1. The molecule has 106 valence electrons. The number of ketones is 1. The molecular weight excluding hydrogens is 258 g/mol. The van der Waals surface area contributed by atoms with Crippen molar-refractivity contribution in [3.63, 3.8) is 0 Å². The molecule has 0 N–H and O–H groups in total. The van der Waals surface area contributed by atoms with Gasteiger partial charge in [-0.05, 0) is 35.9 Å². The van der Waals surface area contributed by atoms with Gasteiger partial charge in [0.25, 0.3) is 0 Å². The van der Waals surface area contributed by atoms with E-state index in [0.717, 1.165) is 11.3 Å². The largest absolute Gasteiger partial charge is 0.378 e. The number of carbonyl (C=O) groups excluding carboxylic acids is 1. The molecule has 0 spiro atoms. The quantitative estimate of drug-likeness (QED) is 0.463. The van der Waals surface area contributed by atoms with Crippen molar-refractivity contribution in [3.8, 4) is 0 Å². The van der Waals surface area contributed by atoms with Crippen LogP contribution < -0.4 is 4.90 Å². The van der Waals surface area contributed by atoms with Gasteiger partial charge in [-0.15, -0.1) is 0 Å². The molecule has 0 bridgehead atoms. The molecule has 0 aromatic heterocycles. The summed E-state index contributed by atoms with van der Waals surface area (Å²) in [6.07, 6.45) is 7.21. The van der Waals surface area contributed by atoms with Crippen LogP contribution in [0.15, 0.2) is 72.8 Å². The Morgan fingerprint density at radius 2 is 1.57 bits per heavy atom. The van der Waals surface area contributed by atoms with Gasteiger partial charge in [-0.1, -0.05) is 48.6 Å². The maximum atomic E-state index is 12.0. The van der Waals surface area contributed by atoms with Crippen molar-refractivity contribution in [2.24, 2.45) is 0 Å². The van der Waals surface area contributed by atoms with E-state index in [-0.39, 0.29) is 5.78 Å². The highest BCUT2D eigenvalue weighted by Gasteiger charge is 2.01. The van der Waals surface area contributed by atoms with Crippen LogP contribution in [0.3, 0.4) is 0 Å². The summed E-state index contributed by atoms with van der Waals surface area (Å²) in [6.45, 7) is 0. The van der Waals surface area contributed by atoms with E-state index in [2.05, 4.69) is 0 Å². The molecule has 0 saturated carbocycles. The molecular formula is C19H19NO. The molecule has 0 aliphatic carbocycles. The Labute approximate surface area is 126 Å². The molecule has 2 heteroatoms. The van der Waals surface area contributed by atoms with Crippen molar-refractivity contribution < 1.29 is 4.79 Å². The third-order valence-electron chi connectivity index (χ3n) is 3.12. The predicted molar refractivity (Wildman–Crippen MR) is 89.7 cm³/mol. The van der Waals surface area contributed by atoms with Crippen molar-refractivity contribution in [2.45, 2.75) is 0 Å². The van der Waals surface area contributed by atoms with Crippen LogP contribution in [0.4, 0.5) is 5.69 Å². The van der Waals surface area contributed by atoms with E-state index in [0.29, 0.717) is 5.56 Å². The second-order valence-electron chi connectivity index (χ2n) is 4.93. The summed E-state index contributed by atoms with van der Waals surface area (Å²) in [4.78, 5) is 14.0. The number of benzene rings is 2. The smallest absolute Gasteiger partial charge is 0.185 e. The maximum absolute atomic E-state index is 12.0. The number of hydrogen-bond acceptors (Lipinski definition) is 2. The first-order valence-electron chi connectivity index (χ1n) is 6.88. The summed E-state index contributed by atoms with van der Waals surface area (Å²) >= 11 is 0. The molecule has 0 fully saturated rings. The van der Waals surface area contributed by atoms with Gasteiger partial charge >= 0.3 is 0 Å². The van der Waals surface area contributed by atoms with Crippen LogP contribution in [0.5, 0.6) is 0 Å². The number of rotatable bonds is 5. The zero-order valence-electron chi connectivity index (χ0n) is 12.4. The Morgan fingerprint density at radius 3 is 2.19 bits per heavy atom. The minimum absolute atomic E-state index is 0.0121. The molecule has 0 aliphatic heterocycles. The van der Waals surface area contributed by atoms with Crippen LogP contribution in [-0.4, -0.2) is 19.9 Å². The highest BCUT2D eigenvalue weighted by Crippen LogP contribution is 2.13. The first kappa shape index (κ1) is 14.8. The number of carbonyl (C=O) groups is 1. The van der Waals surface area contributed by atoms with Gasteiger partial charge in [0.2, 0.25) is 0 Å². The lowest BCUT2D eigenvalue weighted by Gasteiger charge is -2.11. The average molecular weight is 277 g/mol. The minimum Gasteiger partial charge on any atom is -0.378 e. The van der Waals surface area contributed by atoms with E-state index < -0.39 is 0 Å². The first-order valence-corrected chi connectivity index (χ1v) is 6.88. The Balaban J connectivity index is 1.97. The van der Waals surface area contributed by atoms with Crippen LogP contribution in [0.1, 0.15) is 15.9 Å². The summed E-state index contributed by atoms with van der Waals surface area (Å²) in [7, 11) is 3.95. The van der Waals surface area contributed by atoms with Crippen LogP contribution >= 0.6 is 0 Å². The third kappa shape index (κ3) is 4.46. The van der Waals surface area contributed by atoms with Crippen molar-refractivity contribution >= 4 is 17.5 Å². The van der Waals surface area contributed by atoms with Crippen LogP contribution in [-0.2, 0) is 0 Å². The molecule has 0 amide bonds. The highest BCUT2D eigenvalue weighted by molar-refractivity contribution is 6.04. The van der Waals surface area contributed by atoms with Crippen molar-refractivity contribution in [3.05, 3.63) is 84.0 Å². The molecule has 0 atom stereocenters. The van der Waals surface area contributed by atoms with Crippen LogP contribution in [0, 0.1) is 0 Å². The Hall–Kier alpha value is -2.61. The normalized spacial score (nSPS) is 11.1. The number of hydrogen-bond donors (Lipinski definition) is 0. The van der Waals surface area contributed by atoms with E-state index >= 15 is 0 Å². The van der Waals surface area contributed by atoms with Gasteiger partial charge in [0.1, 0.15) is 0 Å². The summed E-state index contributed by atoms with van der Waals surface area (Å²) in [5.74, 6) is 0.0121. The molecule has 2 aromatic carbocycles. The second-order valence-corrected chi connectivity index (χ2v) is 4.93. The van der Waals surface area contributed by atoms with Crippen molar-refractivity contribution in [2.75, 3.05) is 19.0 Å². The molecule has 0 unspecified atom stereocenters. The zero-order chi connectivity index (χ0) is 15.1. The molecule has 0 saturated heterocycles. The van der Waals surface area contributed by atoms with Crippen LogP contribution in [0.2, 0.25) is 0 Å². The molecule has 0 radical (unpaired) electrons. The van der Waals surface area contributed by atoms with Gasteiger partial charge in [-0.25, -0.2) is 0 Å². The van der Waals surface area contributed by atoms with Crippen molar-refractivity contribution in [1.29, 1.82) is 0 Å². The van der Waals surface area contributed by atoms with E-state index in [9.17, 15) is 4.79 Å². The summed E-state index contributed by atoms with van der Waals surface area (Å²) in [5, 5.41) is 0. The Bertz CT molecular complexity index is 637. The third-order valence-corrected chi connectivity index (χ3v) is 3.12. The van der Waals surface area contributed by atoms with E-state index in [1.54, 1.807) is 12.2 Å². The van der Waals surface area contributed by atoms with Gasteiger partial charge < -0.3 is 4.90 Å². The van der Waals surface area contributed by atoms with Gasteiger partial charge in [-0.2, -0.15) is 0 Å². The van der Waals surface area contributed by atoms with Gasteiger partial charge in [-0.3, -0.25) is 4.79 Å². The van der Waals surface area contributed by atoms with Gasteiger partial charge in [0, 0.05) is 25.3 Å². The number of anilines is 1. The fourth-order valence-electron chi connectivity index (χ4n) is 1.89. The first-order chi connectivity index (χ1) is 10.2. The number of nitrogens with zero attached hydrogens (tertiary/aromatic N) is 1. The second kappa shape index (κ2) is 7.25. The lowest BCUT2D eigenvalue weighted by Crippen LogP contribution is -2.08. The van der Waals surface area contributed by atoms with E-state index in [4.69, 9.17) is 0 Å². The van der Waals surface area contributed by atoms with Gasteiger partial charge in [0.05, 0.1) is 0 Å². The molecule has 2 rings (SSSR count). The van der Waals surface area contributed by atoms with Crippen LogP contribution in [0.25, 0.3) is 6.08 Å². The number of allylic oxidation sites excluding steroid dienone is 3. The molecule has 21 heavy (non-hydrogen) atoms. The molecule has 2 nitrogen and oxygen atoms in total. The summed E-state index contributed by atoms with van der Waals surface area (Å²) < 4.78 is 0. The monoisotopic (exact) mass is 277 g/mol. The molecule has 2 aromatic rings. The Morgan fingerprint density at radius 1 is 0.905 bits per heavy atom. The maximum Gasteiger partial charge on any atom is 0.185 e. The highest BCUT2D eigenvalue weighted by atomic mass is 16.1. The summed E-state index contributed by atoms with van der Waals surface area (Å²) in [6, 6.07) is 17.6. The molecule has 0 aliphatic rings. The fraction of sp³-hybridized carbons (Fsp3) is 0.105.